The molecule has 4 aromatic rings. The van der Waals surface area contributed by atoms with Gasteiger partial charge >= 0.3 is 0 Å². The van der Waals surface area contributed by atoms with Gasteiger partial charge in [0.2, 0.25) is 10.0 Å². The molecule has 0 aliphatic heterocycles. The third-order valence-corrected chi connectivity index (χ3v) is 6.37. The molecule has 160 valence electrons. The third kappa shape index (κ3) is 4.44. The first-order valence-electron chi connectivity index (χ1n) is 9.21. The molecule has 2 aromatic heterocycles. The first-order valence-corrected chi connectivity index (χ1v) is 13.0. The molecule has 0 spiro atoms. The standard InChI is InChI=1S/C21H20N4O4S2/c1-25-13-16(11-23-25)14-4-6-15(7-5-14)20-12-22-21(30(2,26)27)18-9-8-17(10-19(18)20)24-31(3,28)29/h4-13,24H,1-3H3. The van der Waals surface area contributed by atoms with Gasteiger partial charge in [-0.1, -0.05) is 24.3 Å². The van der Waals surface area contributed by atoms with E-state index in [2.05, 4.69) is 14.8 Å². The number of nitrogens with zero attached hydrogens (tertiary/aromatic N) is 3. The lowest BCUT2D eigenvalue weighted by Gasteiger charge is -2.12. The Morgan fingerprint density at radius 1 is 0.839 bits per heavy atom. The number of sulfonamides is 1. The van der Waals surface area contributed by atoms with Crippen molar-refractivity contribution in [3.05, 3.63) is 61.1 Å². The highest BCUT2D eigenvalue weighted by molar-refractivity contribution is 7.92. The number of aryl methyl sites for hydroxylation is 1. The second kappa shape index (κ2) is 7.47. The summed E-state index contributed by atoms with van der Waals surface area (Å²) < 4.78 is 52.0. The molecular formula is C21H20N4O4S2. The second-order valence-electron chi connectivity index (χ2n) is 7.36. The lowest BCUT2D eigenvalue weighted by molar-refractivity contribution is 0.599. The number of rotatable bonds is 5. The van der Waals surface area contributed by atoms with Crippen molar-refractivity contribution in [2.45, 2.75) is 5.03 Å². The molecule has 0 atom stereocenters. The van der Waals surface area contributed by atoms with Crippen LogP contribution >= 0.6 is 0 Å². The number of hydrogen-bond acceptors (Lipinski definition) is 6. The van der Waals surface area contributed by atoms with Gasteiger partial charge in [0.1, 0.15) is 0 Å². The van der Waals surface area contributed by atoms with Crippen LogP contribution in [0.25, 0.3) is 33.0 Å². The van der Waals surface area contributed by atoms with Gasteiger partial charge in [-0.15, -0.1) is 0 Å². The third-order valence-electron chi connectivity index (χ3n) is 4.74. The number of pyridine rings is 1. The Hall–Kier alpha value is -3.24. The quantitative estimate of drug-likeness (QED) is 0.494. The largest absolute Gasteiger partial charge is 0.284 e. The van der Waals surface area contributed by atoms with Crippen LogP contribution in [0.2, 0.25) is 0 Å². The summed E-state index contributed by atoms with van der Waals surface area (Å²) in [7, 11) is -5.22. The van der Waals surface area contributed by atoms with Gasteiger partial charge in [0.25, 0.3) is 0 Å². The molecule has 0 fully saturated rings. The number of nitrogens with one attached hydrogen (secondary N) is 1. The highest BCUT2D eigenvalue weighted by Gasteiger charge is 2.18. The highest BCUT2D eigenvalue weighted by Crippen LogP contribution is 2.34. The normalized spacial score (nSPS) is 12.2. The van der Waals surface area contributed by atoms with Gasteiger partial charge in [0, 0.05) is 47.9 Å². The van der Waals surface area contributed by atoms with Crippen LogP contribution in [0.3, 0.4) is 0 Å². The molecule has 2 heterocycles. The Morgan fingerprint density at radius 2 is 1.52 bits per heavy atom. The summed E-state index contributed by atoms with van der Waals surface area (Å²) in [4.78, 5) is 4.20. The first kappa shape index (κ1) is 21.0. The van der Waals surface area contributed by atoms with Gasteiger partial charge < -0.3 is 0 Å². The van der Waals surface area contributed by atoms with Crippen molar-refractivity contribution in [2.75, 3.05) is 17.2 Å². The van der Waals surface area contributed by atoms with Crippen LogP contribution in [0.4, 0.5) is 5.69 Å². The lowest BCUT2D eigenvalue weighted by Crippen LogP contribution is -2.09. The second-order valence-corrected chi connectivity index (χ2v) is 11.0. The van der Waals surface area contributed by atoms with E-state index in [-0.39, 0.29) is 5.03 Å². The number of hydrogen-bond donors (Lipinski definition) is 1. The maximum Gasteiger partial charge on any atom is 0.229 e. The van der Waals surface area contributed by atoms with Crippen LogP contribution in [0.5, 0.6) is 0 Å². The molecule has 31 heavy (non-hydrogen) atoms. The van der Waals surface area contributed by atoms with E-state index in [0.29, 0.717) is 22.0 Å². The summed E-state index contributed by atoms with van der Waals surface area (Å²) in [6.45, 7) is 0. The van der Waals surface area contributed by atoms with Gasteiger partial charge in [-0.25, -0.2) is 21.8 Å². The van der Waals surface area contributed by atoms with Crippen LogP contribution in [-0.4, -0.2) is 44.1 Å². The zero-order valence-corrected chi connectivity index (χ0v) is 18.7. The molecule has 0 aliphatic rings. The zero-order valence-electron chi connectivity index (χ0n) is 17.1. The molecule has 10 heteroatoms. The minimum Gasteiger partial charge on any atom is -0.284 e. The van der Waals surface area contributed by atoms with Crippen molar-refractivity contribution in [2.24, 2.45) is 7.05 Å². The van der Waals surface area contributed by atoms with Crippen LogP contribution in [0.1, 0.15) is 0 Å². The van der Waals surface area contributed by atoms with E-state index in [0.717, 1.165) is 29.2 Å². The Labute approximate surface area is 180 Å². The fraction of sp³-hybridized carbons (Fsp3) is 0.143. The topological polar surface area (TPSA) is 111 Å². The number of fused-ring (bicyclic) bond motifs is 1. The molecule has 0 saturated heterocycles. The highest BCUT2D eigenvalue weighted by atomic mass is 32.2. The van der Waals surface area contributed by atoms with Crippen LogP contribution < -0.4 is 4.72 Å². The summed E-state index contributed by atoms with van der Waals surface area (Å²) in [5, 5.41) is 5.14. The van der Waals surface area contributed by atoms with Crippen molar-refractivity contribution in [1.29, 1.82) is 0 Å². The SMILES string of the molecule is Cn1cc(-c2ccc(-c3cnc(S(C)(=O)=O)c4ccc(NS(C)(=O)=O)cc34)cc2)cn1. The molecule has 0 saturated carbocycles. The molecule has 8 nitrogen and oxygen atoms in total. The van der Waals surface area contributed by atoms with Gasteiger partial charge in [0.05, 0.1) is 12.5 Å². The van der Waals surface area contributed by atoms with Crippen molar-refractivity contribution < 1.29 is 16.8 Å². The number of sulfone groups is 1. The zero-order chi connectivity index (χ0) is 22.4. The Balaban J connectivity index is 1.89. The van der Waals surface area contributed by atoms with E-state index in [9.17, 15) is 16.8 Å². The van der Waals surface area contributed by atoms with Gasteiger partial charge in [0.15, 0.2) is 14.9 Å². The van der Waals surface area contributed by atoms with Gasteiger partial charge in [-0.05, 0) is 34.7 Å². The minimum absolute atomic E-state index is 0.0517. The van der Waals surface area contributed by atoms with E-state index in [4.69, 9.17) is 0 Å². The van der Waals surface area contributed by atoms with Crippen molar-refractivity contribution in [1.82, 2.24) is 14.8 Å². The van der Waals surface area contributed by atoms with Crippen molar-refractivity contribution >= 4 is 36.3 Å². The molecule has 0 radical (unpaired) electrons. The maximum atomic E-state index is 12.2. The Bertz CT molecular complexity index is 1510. The number of anilines is 1. The summed E-state index contributed by atoms with van der Waals surface area (Å²) in [5.41, 5.74) is 3.82. The van der Waals surface area contributed by atoms with Gasteiger partial charge in [-0.2, -0.15) is 5.10 Å². The summed E-state index contributed by atoms with van der Waals surface area (Å²) in [5.74, 6) is 0. The number of benzene rings is 2. The molecule has 4 rings (SSSR count). The fourth-order valence-corrected chi connectivity index (χ4v) is 4.81. The van der Waals surface area contributed by atoms with Crippen LogP contribution in [0.15, 0.2) is 66.1 Å². The molecule has 2 aromatic carbocycles. The summed E-state index contributed by atoms with van der Waals surface area (Å²) >= 11 is 0. The molecule has 0 amide bonds. The first-order chi connectivity index (χ1) is 14.5. The van der Waals surface area contributed by atoms with Crippen LogP contribution in [0, 0.1) is 0 Å². The molecular weight excluding hydrogens is 436 g/mol. The van der Waals surface area contributed by atoms with E-state index in [1.807, 2.05) is 37.5 Å². The van der Waals surface area contributed by atoms with Crippen molar-refractivity contribution in [3.63, 3.8) is 0 Å². The predicted octanol–water partition coefficient (Wildman–Crippen LogP) is 3.08. The van der Waals surface area contributed by atoms with Gasteiger partial charge in [-0.3, -0.25) is 9.40 Å². The molecule has 0 unspecified atom stereocenters. The Kier molecular flexibility index (Phi) is 5.06. The van der Waals surface area contributed by atoms with E-state index in [1.165, 1.54) is 12.3 Å². The smallest absolute Gasteiger partial charge is 0.229 e. The monoisotopic (exact) mass is 456 g/mol. The van der Waals surface area contributed by atoms with Crippen LogP contribution in [-0.2, 0) is 26.9 Å². The lowest BCUT2D eigenvalue weighted by atomic mass is 9.98. The Morgan fingerprint density at radius 3 is 2.10 bits per heavy atom. The predicted molar refractivity (Wildman–Crippen MR) is 121 cm³/mol. The van der Waals surface area contributed by atoms with E-state index in [1.54, 1.807) is 23.0 Å². The fourth-order valence-electron chi connectivity index (χ4n) is 3.43. The molecule has 0 bridgehead atoms. The molecule has 1 N–H and O–H groups in total. The van der Waals surface area contributed by atoms with Crippen molar-refractivity contribution in [3.8, 4) is 22.3 Å². The maximum absolute atomic E-state index is 12.2. The minimum atomic E-state index is -3.58. The average molecular weight is 457 g/mol. The number of aromatic nitrogens is 3. The molecule has 0 aliphatic carbocycles. The van der Waals surface area contributed by atoms with E-state index < -0.39 is 19.9 Å². The van der Waals surface area contributed by atoms with E-state index >= 15 is 0 Å². The average Bonchev–Trinajstić information content (AvgIpc) is 3.11. The summed E-state index contributed by atoms with van der Waals surface area (Å²) in [6.07, 6.45) is 7.34. The summed E-state index contributed by atoms with van der Waals surface area (Å²) in [6, 6.07) is 12.4.